The highest BCUT2D eigenvalue weighted by Crippen LogP contribution is 2.26. The molecule has 0 saturated carbocycles. The summed E-state index contributed by atoms with van der Waals surface area (Å²) >= 11 is 0. The van der Waals surface area contributed by atoms with Gasteiger partial charge >= 0.3 is 5.69 Å². The number of hydrogen-bond donors (Lipinski definition) is 2. The lowest BCUT2D eigenvalue weighted by Crippen LogP contribution is -2.23. The zero-order valence-electron chi connectivity index (χ0n) is 14.7. The zero-order chi connectivity index (χ0) is 18.4. The van der Waals surface area contributed by atoms with E-state index in [1.54, 1.807) is 6.20 Å². The van der Waals surface area contributed by atoms with Gasteiger partial charge in [-0.15, -0.1) is 0 Å². The average Bonchev–Trinajstić information content (AvgIpc) is 3.19. The van der Waals surface area contributed by atoms with Crippen LogP contribution in [0, 0.1) is 0 Å². The molecule has 27 heavy (non-hydrogen) atoms. The zero-order valence-corrected chi connectivity index (χ0v) is 14.7. The summed E-state index contributed by atoms with van der Waals surface area (Å²) in [4.78, 5) is 19.9. The van der Waals surface area contributed by atoms with Crippen LogP contribution in [-0.4, -0.2) is 19.2 Å². The Labute approximate surface area is 154 Å². The van der Waals surface area contributed by atoms with Crippen molar-refractivity contribution in [3.63, 3.8) is 0 Å². The third kappa shape index (κ3) is 2.50. The second-order valence-corrected chi connectivity index (χ2v) is 6.51. The molecule has 2 aromatic carbocycles. The maximum absolute atomic E-state index is 12.5. The van der Waals surface area contributed by atoms with E-state index < -0.39 is 0 Å². The van der Waals surface area contributed by atoms with Gasteiger partial charge < -0.3 is 9.55 Å². The Bertz CT molecular complexity index is 1330. The highest BCUT2D eigenvalue weighted by molar-refractivity contribution is 5.93. The Morgan fingerprint density at radius 1 is 1.00 bits per heavy atom. The summed E-state index contributed by atoms with van der Waals surface area (Å²) in [6.07, 6.45) is 3.75. The molecule has 0 fully saturated rings. The van der Waals surface area contributed by atoms with Gasteiger partial charge in [0, 0.05) is 35.9 Å². The molecule has 3 aromatic heterocycles. The molecule has 5 aromatic rings. The first-order valence-corrected chi connectivity index (χ1v) is 8.68. The van der Waals surface area contributed by atoms with E-state index in [4.69, 9.17) is 0 Å². The van der Waals surface area contributed by atoms with Crippen LogP contribution in [0.25, 0.3) is 33.2 Å². The number of H-pyrrole nitrogens is 1. The van der Waals surface area contributed by atoms with Crippen LogP contribution in [0.3, 0.4) is 0 Å². The van der Waals surface area contributed by atoms with Crippen molar-refractivity contribution in [2.75, 3.05) is 5.43 Å². The average molecular weight is 355 g/mol. The molecular weight excluding hydrogens is 338 g/mol. The summed E-state index contributed by atoms with van der Waals surface area (Å²) in [5.74, 6) is 0. The van der Waals surface area contributed by atoms with Crippen LogP contribution in [0.4, 0.5) is 5.69 Å². The van der Waals surface area contributed by atoms with Gasteiger partial charge in [-0.05, 0) is 17.7 Å². The Morgan fingerprint density at radius 3 is 2.63 bits per heavy atom. The predicted molar refractivity (Wildman–Crippen MR) is 108 cm³/mol. The number of nitrogens with zero attached hydrogens (tertiary/aromatic N) is 3. The molecule has 0 amide bonds. The lowest BCUT2D eigenvalue weighted by atomic mass is 10.1. The number of imidazole rings is 1. The minimum absolute atomic E-state index is 0.254. The Hall–Kier alpha value is -3.80. The van der Waals surface area contributed by atoms with Crippen LogP contribution < -0.4 is 11.1 Å². The number of pyridine rings is 1. The van der Waals surface area contributed by atoms with Crippen molar-refractivity contribution >= 4 is 27.8 Å². The van der Waals surface area contributed by atoms with E-state index in [0.717, 1.165) is 27.7 Å². The molecule has 0 atom stereocenters. The molecule has 3 heterocycles. The van der Waals surface area contributed by atoms with Crippen molar-refractivity contribution in [1.82, 2.24) is 19.2 Å². The van der Waals surface area contributed by atoms with Gasteiger partial charge in [-0.3, -0.25) is 5.43 Å². The molecule has 6 nitrogen and oxygen atoms in total. The smallest absolute Gasteiger partial charge is 0.346 e. The molecule has 0 radical (unpaired) electrons. The van der Waals surface area contributed by atoms with Crippen LogP contribution in [-0.2, 0) is 7.05 Å². The van der Waals surface area contributed by atoms with E-state index in [1.165, 1.54) is 4.68 Å². The fourth-order valence-electron chi connectivity index (χ4n) is 3.44. The Balaban J connectivity index is 1.61. The summed E-state index contributed by atoms with van der Waals surface area (Å²) in [6.45, 7) is 0. The molecule has 5 rings (SSSR count). The molecule has 2 N–H and O–H groups in total. The lowest BCUT2D eigenvalue weighted by Gasteiger charge is -2.06. The molecule has 0 unspecified atom stereocenters. The van der Waals surface area contributed by atoms with E-state index in [0.29, 0.717) is 11.2 Å². The monoisotopic (exact) mass is 355 g/mol. The molecular formula is C21H17N5O. The highest BCUT2D eigenvalue weighted by Gasteiger charge is 2.12. The van der Waals surface area contributed by atoms with E-state index >= 15 is 0 Å². The minimum Gasteiger partial charge on any atom is -0.348 e. The van der Waals surface area contributed by atoms with Gasteiger partial charge in [-0.1, -0.05) is 48.5 Å². The van der Waals surface area contributed by atoms with Gasteiger partial charge in [0.25, 0.3) is 0 Å². The van der Waals surface area contributed by atoms with Gasteiger partial charge in [0.2, 0.25) is 0 Å². The molecule has 6 heteroatoms. The number of benzene rings is 2. The maximum atomic E-state index is 12.5. The number of para-hydroxylation sites is 1. The fraction of sp³-hybridized carbons (Fsp3) is 0.0476. The number of hydrogen-bond acceptors (Lipinski definition) is 3. The fourth-order valence-corrected chi connectivity index (χ4v) is 3.44. The van der Waals surface area contributed by atoms with Crippen LogP contribution in [0.1, 0.15) is 0 Å². The molecule has 0 aliphatic rings. The van der Waals surface area contributed by atoms with Gasteiger partial charge in [0.05, 0.1) is 11.2 Å². The Kier molecular flexibility index (Phi) is 3.36. The van der Waals surface area contributed by atoms with Gasteiger partial charge in [0.15, 0.2) is 5.65 Å². The van der Waals surface area contributed by atoms with Crippen molar-refractivity contribution in [2.24, 2.45) is 7.05 Å². The third-order valence-electron chi connectivity index (χ3n) is 4.76. The second kappa shape index (κ2) is 5.88. The standard InChI is InChI=1S/C21H17N5O/c1-25-13-18(16-9-5-6-10-19(16)25)24-26-20-17(23-21(26)27)11-15(12-22-20)14-7-3-2-4-8-14/h2-13,24H,1H3,(H,23,27). The molecule has 0 spiro atoms. The molecule has 0 saturated heterocycles. The van der Waals surface area contributed by atoms with Crippen molar-refractivity contribution in [3.05, 3.63) is 83.5 Å². The first kappa shape index (κ1) is 15.5. The maximum Gasteiger partial charge on any atom is 0.346 e. The lowest BCUT2D eigenvalue weighted by molar-refractivity contribution is 0.909. The van der Waals surface area contributed by atoms with E-state index in [9.17, 15) is 4.79 Å². The van der Waals surface area contributed by atoms with Crippen LogP contribution in [0.15, 0.2) is 77.9 Å². The molecule has 132 valence electrons. The van der Waals surface area contributed by atoms with Crippen molar-refractivity contribution in [1.29, 1.82) is 0 Å². The second-order valence-electron chi connectivity index (χ2n) is 6.51. The molecule has 0 aliphatic carbocycles. The summed E-state index contributed by atoms with van der Waals surface area (Å²) in [5, 5.41) is 1.04. The Morgan fingerprint density at radius 2 is 1.78 bits per heavy atom. The number of nitrogens with one attached hydrogen (secondary N) is 2. The number of aromatic nitrogens is 4. The van der Waals surface area contributed by atoms with Gasteiger partial charge in [-0.25, -0.2) is 9.78 Å². The largest absolute Gasteiger partial charge is 0.348 e. The number of aromatic amines is 1. The molecule has 0 bridgehead atoms. The first-order chi connectivity index (χ1) is 13.2. The van der Waals surface area contributed by atoms with Gasteiger partial charge in [-0.2, -0.15) is 4.68 Å². The van der Waals surface area contributed by atoms with E-state index in [-0.39, 0.29) is 5.69 Å². The van der Waals surface area contributed by atoms with Crippen molar-refractivity contribution in [2.45, 2.75) is 0 Å². The number of anilines is 1. The van der Waals surface area contributed by atoms with E-state index in [2.05, 4.69) is 15.4 Å². The van der Waals surface area contributed by atoms with Crippen LogP contribution in [0.2, 0.25) is 0 Å². The summed E-state index contributed by atoms with van der Waals surface area (Å²) in [7, 11) is 1.98. The predicted octanol–water partition coefficient (Wildman–Crippen LogP) is 3.76. The molecule has 0 aliphatic heterocycles. The van der Waals surface area contributed by atoms with Crippen LogP contribution in [0.5, 0.6) is 0 Å². The number of aryl methyl sites for hydroxylation is 1. The normalized spacial score (nSPS) is 11.3. The SMILES string of the molecule is Cn1cc(Nn2c(=O)[nH]c3cc(-c4ccccc4)cnc32)c2ccccc21. The summed E-state index contributed by atoms with van der Waals surface area (Å²) in [5.41, 5.74) is 8.17. The number of rotatable bonds is 3. The highest BCUT2D eigenvalue weighted by atomic mass is 16.2. The van der Waals surface area contributed by atoms with Crippen molar-refractivity contribution < 1.29 is 0 Å². The number of fused-ring (bicyclic) bond motifs is 2. The summed E-state index contributed by atoms with van der Waals surface area (Å²) < 4.78 is 3.48. The summed E-state index contributed by atoms with van der Waals surface area (Å²) in [6, 6.07) is 20.0. The quantitative estimate of drug-likeness (QED) is 0.518. The third-order valence-corrected chi connectivity index (χ3v) is 4.76. The van der Waals surface area contributed by atoms with E-state index in [1.807, 2.05) is 78.5 Å². The first-order valence-electron chi connectivity index (χ1n) is 8.68. The minimum atomic E-state index is -0.254. The van der Waals surface area contributed by atoms with Crippen LogP contribution >= 0.6 is 0 Å². The van der Waals surface area contributed by atoms with Crippen molar-refractivity contribution in [3.8, 4) is 11.1 Å². The van der Waals surface area contributed by atoms with Gasteiger partial charge in [0.1, 0.15) is 0 Å². The topological polar surface area (TPSA) is 67.6 Å².